The second-order valence-corrected chi connectivity index (χ2v) is 7.09. The third kappa shape index (κ3) is 4.43. The van der Waals surface area contributed by atoms with E-state index in [9.17, 15) is 0 Å². The quantitative estimate of drug-likeness (QED) is 0.812. The van der Waals surface area contributed by atoms with E-state index < -0.39 is 0 Å². The summed E-state index contributed by atoms with van der Waals surface area (Å²) in [5, 5.41) is 12.5. The summed E-state index contributed by atoms with van der Waals surface area (Å²) in [4.78, 5) is 5.23. The molecule has 3 rings (SSSR count). The third-order valence-corrected chi connectivity index (χ3v) is 5.19. The molecule has 126 valence electrons. The lowest BCUT2D eigenvalue weighted by Gasteiger charge is -2.34. The van der Waals surface area contributed by atoms with E-state index in [0.29, 0.717) is 18.3 Å². The predicted molar refractivity (Wildman–Crippen MR) is 90.5 cm³/mol. The van der Waals surface area contributed by atoms with Crippen molar-refractivity contribution in [3.05, 3.63) is 45.5 Å². The van der Waals surface area contributed by atoms with E-state index in [-0.39, 0.29) is 6.61 Å². The Bertz CT molecular complexity index is 605. The topological polar surface area (TPSA) is 57.9 Å². The number of hydrogen-bond donors (Lipinski definition) is 2. The number of ether oxygens (including phenoxy) is 1. The Morgan fingerprint density at radius 3 is 2.65 bits per heavy atom. The van der Waals surface area contributed by atoms with Crippen LogP contribution in [0.1, 0.15) is 27.3 Å². The van der Waals surface area contributed by atoms with Crippen LogP contribution in [0.3, 0.4) is 0 Å². The summed E-state index contributed by atoms with van der Waals surface area (Å²) in [5.74, 6) is 1.47. The van der Waals surface area contributed by atoms with Gasteiger partial charge in [0.1, 0.15) is 18.1 Å². The number of thiophene rings is 1. The predicted octanol–water partition coefficient (Wildman–Crippen LogP) is 2.30. The normalized spacial score (nSPS) is 17.5. The average molecular weight is 336 g/mol. The Labute approximate surface area is 140 Å². The van der Waals surface area contributed by atoms with Gasteiger partial charge in [0.15, 0.2) is 0 Å². The maximum absolute atomic E-state index is 9.05. The van der Waals surface area contributed by atoms with Gasteiger partial charge in [0.25, 0.3) is 0 Å². The van der Waals surface area contributed by atoms with E-state index in [2.05, 4.69) is 29.3 Å². The number of hydrogen-bond acceptors (Lipinski definition) is 6. The maximum atomic E-state index is 9.05. The summed E-state index contributed by atoms with van der Waals surface area (Å²) in [5.41, 5.74) is 0. The Morgan fingerprint density at radius 2 is 2.00 bits per heavy atom. The molecule has 0 saturated carbocycles. The fraction of sp³-hybridized carbons (Fsp3) is 0.529. The first-order valence-electron chi connectivity index (χ1n) is 8.03. The molecule has 1 aliphatic rings. The minimum absolute atomic E-state index is 0.0507. The van der Waals surface area contributed by atoms with Crippen molar-refractivity contribution in [2.75, 3.05) is 32.8 Å². The van der Waals surface area contributed by atoms with Crippen molar-refractivity contribution >= 4 is 11.3 Å². The van der Waals surface area contributed by atoms with Crippen molar-refractivity contribution in [2.24, 2.45) is 0 Å². The van der Waals surface area contributed by atoms with Crippen molar-refractivity contribution in [3.8, 4) is 0 Å². The van der Waals surface area contributed by atoms with Crippen LogP contribution in [0.4, 0.5) is 0 Å². The van der Waals surface area contributed by atoms with Crippen LogP contribution in [-0.4, -0.2) is 42.9 Å². The SMILES string of the molecule is Cc1ccc(C(CNCc2ccc(CO)o2)N2CCOCC2)s1. The molecule has 6 heteroatoms. The van der Waals surface area contributed by atoms with Crippen molar-refractivity contribution in [2.45, 2.75) is 26.1 Å². The molecule has 0 amide bonds. The molecule has 1 atom stereocenters. The molecule has 23 heavy (non-hydrogen) atoms. The molecule has 1 fully saturated rings. The molecule has 1 aliphatic heterocycles. The van der Waals surface area contributed by atoms with Gasteiger partial charge in [-0.3, -0.25) is 4.90 Å². The molecule has 1 unspecified atom stereocenters. The summed E-state index contributed by atoms with van der Waals surface area (Å²) in [6, 6.07) is 8.52. The van der Waals surface area contributed by atoms with E-state index in [1.165, 1.54) is 9.75 Å². The number of nitrogens with one attached hydrogen (secondary N) is 1. The lowest BCUT2D eigenvalue weighted by Crippen LogP contribution is -2.42. The fourth-order valence-corrected chi connectivity index (χ4v) is 3.88. The van der Waals surface area contributed by atoms with E-state index in [0.717, 1.165) is 38.6 Å². The van der Waals surface area contributed by atoms with Gasteiger partial charge in [-0.15, -0.1) is 11.3 Å². The molecule has 2 N–H and O–H groups in total. The van der Waals surface area contributed by atoms with E-state index in [4.69, 9.17) is 14.3 Å². The molecular weight excluding hydrogens is 312 g/mol. The Kier molecular flexibility index (Phi) is 5.85. The summed E-state index contributed by atoms with van der Waals surface area (Å²) >= 11 is 1.86. The van der Waals surface area contributed by atoms with Gasteiger partial charge in [0.05, 0.1) is 25.8 Å². The van der Waals surface area contributed by atoms with Crippen LogP contribution in [0.25, 0.3) is 0 Å². The molecule has 0 radical (unpaired) electrons. The molecule has 1 saturated heterocycles. The number of nitrogens with zero attached hydrogens (tertiary/aromatic N) is 1. The number of morpholine rings is 1. The number of rotatable bonds is 7. The van der Waals surface area contributed by atoms with Crippen LogP contribution in [0, 0.1) is 6.92 Å². The average Bonchev–Trinajstić information content (AvgIpc) is 3.21. The van der Waals surface area contributed by atoms with Gasteiger partial charge < -0.3 is 19.6 Å². The maximum Gasteiger partial charge on any atom is 0.129 e. The van der Waals surface area contributed by atoms with Crippen molar-refractivity contribution in [3.63, 3.8) is 0 Å². The van der Waals surface area contributed by atoms with Crippen molar-refractivity contribution in [1.82, 2.24) is 10.2 Å². The molecule has 0 bridgehead atoms. The molecule has 2 aromatic heterocycles. The van der Waals surface area contributed by atoms with Crippen LogP contribution in [-0.2, 0) is 17.9 Å². The zero-order valence-corrected chi connectivity index (χ0v) is 14.3. The summed E-state index contributed by atoms with van der Waals surface area (Å²) in [6.07, 6.45) is 0. The van der Waals surface area contributed by atoms with E-state index >= 15 is 0 Å². The van der Waals surface area contributed by atoms with Gasteiger partial charge in [0.2, 0.25) is 0 Å². The largest absolute Gasteiger partial charge is 0.462 e. The van der Waals surface area contributed by atoms with Crippen LogP contribution >= 0.6 is 11.3 Å². The second kappa shape index (κ2) is 8.08. The van der Waals surface area contributed by atoms with Crippen molar-refractivity contribution in [1.29, 1.82) is 0 Å². The monoisotopic (exact) mass is 336 g/mol. The van der Waals surface area contributed by atoms with Crippen LogP contribution in [0.2, 0.25) is 0 Å². The summed E-state index contributed by atoms with van der Waals surface area (Å²) in [6.45, 7) is 7.19. The number of aliphatic hydroxyl groups excluding tert-OH is 1. The highest BCUT2D eigenvalue weighted by atomic mass is 32.1. The number of aliphatic hydroxyl groups is 1. The van der Waals surface area contributed by atoms with Crippen molar-refractivity contribution < 1.29 is 14.3 Å². The summed E-state index contributed by atoms with van der Waals surface area (Å²) in [7, 11) is 0. The first-order chi connectivity index (χ1) is 11.3. The number of aryl methyl sites for hydroxylation is 1. The lowest BCUT2D eigenvalue weighted by atomic mass is 10.2. The number of furan rings is 1. The van der Waals surface area contributed by atoms with E-state index in [1.807, 2.05) is 23.5 Å². The standard InChI is InChI=1S/C17H24N2O3S/c1-13-2-5-17(23-13)16(19-6-8-21-9-7-19)11-18-10-14-3-4-15(12-20)22-14/h2-5,16,18,20H,6-12H2,1H3. The van der Waals surface area contributed by atoms with Crippen LogP contribution in [0.5, 0.6) is 0 Å². The Morgan fingerprint density at radius 1 is 1.22 bits per heavy atom. The highest BCUT2D eigenvalue weighted by molar-refractivity contribution is 7.12. The smallest absolute Gasteiger partial charge is 0.129 e. The van der Waals surface area contributed by atoms with Gasteiger partial charge >= 0.3 is 0 Å². The zero-order chi connectivity index (χ0) is 16.1. The minimum Gasteiger partial charge on any atom is -0.462 e. The van der Waals surface area contributed by atoms with Crippen LogP contribution < -0.4 is 5.32 Å². The highest BCUT2D eigenvalue weighted by Crippen LogP contribution is 2.28. The highest BCUT2D eigenvalue weighted by Gasteiger charge is 2.23. The van der Waals surface area contributed by atoms with Gasteiger partial charge in [-0.05, 0) is 31.2 Å². The second-order valence-electron chi connectivity index (χ2n) is 5.77. The molecule has 5 nitrogen and oxygen atoms in total. The van der Waals surface area contributed by atoms with E-state index in [1.54, 1.807) is 0 Å². The Balaban J connectivity index is 1.61. The fourth-order valence-electron chi connectivity index (χ4n) is 2.87. The minimum atomic E-state index is -0.0507. The molecule has 0 aromatic carbocycles. The Hall–Kier alpha value is -1.18. The third-order valence-electron chi connectivity index (χ3n) is 4.09. The van der Waals surface area contributed by atoms with Gasteiger partial charge in [-0.2, -0.15) is 0 Å². The molecule has 0 aliphatic carbocycles. The molecule has 0 spiro atoms. The molecule has 2 aromatic rings. The zero-order valence-electron chi connectivity index (χ0n) is 13.5. The first kappa shape index (κ1) is 16.7. The first-order valence-corrected chi connectivity index (χ1v) is 8.85. The van der Waals surface area contributed by atoms with Gasteiger partial charge in [-0.1, -0.05) is 0 Å². The molecular formula is C17H24N2O3S. The van der Waals surface area contributed by atoms with Crippen LogP contribution in [0.15, 0.2) is 28.7 Å². The molecule has 3 heterocycles. The summed E-state index contributed by atoms with van der Waals surface area (Å²) < 4.78 is 11.0. The lowest BCUT2D eigenvalue weighted by molar-refractivity contribution is 0.0167. The van der Waals surface area contributed by atoms with Gasteiger partial charge in [-0.25, -0.2) is 0 Å². The van der Waals surface area contributed by atoms with Gasteiger partial charge in [0, 0.05) is 29.4 Å².